The van der Waals surface area contributed by atoms with Crippen LogP contribution < -0.4 is 5.32 Å². The van der Waals surface area contributed by atoms with E-state index in [4.69, 9.17) is 0 Å². The van der Waals surface area contributed by atoms with Crippen LogP contribution in [-0.4, -0.2) is 15.9 Å². The Morgan fingerprint density at radius 3 is 3.00 bits per heavy atom. The van der Waals surface area contributed by atoms with Gasteiger partial charge >= 0.3 is 0 Å². The number of nitrogens with zero attached hydrogens (tertiary/aromatic N) is 1. The normalized spacial score (nSPS) is 10.2. The van der Waals surface area contributed by atoms with Crippen LogP contribution >= 0.6 is 0 Å². The van der Waals surface area contributed by atoms with Crippen LogP contribution in [0.3, 0.4) is 0 Å². The Hall–Kier alpha value is -2.10. The largest absolute Gasteiger partial charge is 0.364 e. The zero-order valence-electron chi connectivity index (χ0n) is 9.95. The molecular weight excluding hydrogens is 214 g/mol. The van der Waals surface area contributed by atoms with Crippen LogP contribution in [0.25, 0.3) is 0 Å². The summed E-state index contributed by atoms with van der Waals surface area (Å²) in [6.07, 6.45) is 4.30. The molecule has 2 rings (SSSR count). The summed E-state index contributed by atoms with van der Waals surface area (Å²) in [5.74, 6) is -0.0980. The van der Waals surface area contributed by atoms with Crippen LogP contribution in [0.5, 0.6) is 0 Å². The fraction of sp³-hybridized carbons (Fsp3) is 0.231. The first-order valence-electron chi connectivity index (χ1n) is 5.61. The summed E-state index contributed by atoms with van der Waals surface area (Å²) in [4.78, 5) is 19.2. The van der Waals surface area contributed by atoms with E-state index < -0.39 is 0 Å². The first kappa shape index (κ1) is 11.4. The van der Waals surface area contributed by atoms with Gasteiger partial charge in [-0.25, -0.2) is 0 Å². The molecule has 1 amide bonds. The van der Waals surface area contributed by atoms with Crippen molar-refractivity contribution in [2.45, 2.75) is 20.3 Å². The zero-order valence-corrected chi connectivity index (χ0v) is 9.95. The number of hydrogen-bond donors (Lipinski definition) is 2. The lowest BCUT2D eigenvalue weighted by atomic mass is 10.2. The molecule has 0 radical (unpaired) electrons. The molecule has 0 bridgehead atoms. The molecule has 2 heterocycles. The van der Waals surface area contributed by atoms with Crippen molar-refractivity contribution in [3.8, 4) is 0 Å². The van der Waals surface area contributed by atoms with Gasteiger partial charge in [0.25, 0.3) is 5.91 Å². The monoisotopic (exact) mass is 229 g/mol. The minimum Gasteiger partial charge on any atom is -0.364 e. The number of pyridine rings is 1. The van der Waals surface area contributed by atoms with Gasteiger partial charge in [-0.2, -0.15) is 0 Å². The smallest absolute Gasteiger partial charge is 0.257 e. The number of rotatable bonds is 3. The van der Waals surface area contributed by atoms with Gasteiger partial charge in [-0.15, -0.1) is 0 Å². The molecule has 17 heavy (non-hydrogen) atoms. The third-order valence-corrected chi connectivity index (χ3v) is 2.69. The average molecular weight is 229 g/mol. The van der Waals surface area contributed by atoms with Crippen molar-refractivity contribution in [2.75, 3.05) is 5.32 Å². The lowest BCUT2D eigenvalue weighted by molar-refractivity contribution is 0.102. The van der Waals surface area contributed by atoms with E-state index in [-0.39, 0.29) is 5.91 Å². The molecule has 0 aromatic carbocycles. The number of hydrogen-bond acceptors (Lipinski definition) is 2. The molecule has 2 aromatic rings. The quantitative estimate of drug-likeness (QED) is 0.849. The number of nitrogens with one attached hydrogen (secondary N) is 2. The molecule has 4 heteroatoms. The predicted octanol–water partition coefficient (Wildman–Crippen LogP) is 2.53. The summed E-state index contributed by atoms with van der Waals surface area (Å²) >= 11 is 0. The summed E-state index contributed by atoms with van der Waals surface area (Å²) in [5, 5.41) is 2.87. The maximum Gasteiger partial charge on any atom is 0.257 e. The van der Waals surface area contributed by atoms with Crippen molar-refractivity contribution in [1.82, 2.24) is 9.97 Å². The third kappa shape index (κ3) is 2.36. The van der Waals surface area contributed by atoms with Crippen LogP contribution in [-0.2, 0) is 6.42 Å². The van der Waals surface area contributed by atoms with E-state index in [1.807, 2.05) is 19.9 Å². The highest BCUT2D eigenvalue weighted by Gasteiger charge is 2.12. The van der Waals surface area contributed by atoms with Crippen molar-refractivity contribution >= 4 is 11.6 Å². The number of H-pyrrole nitrogens is 1. The van der Waals surface area contributed by atoms with E-state index >= 15 is 0 Å². The molecule has 88 valence electrons. The Labute approximate surface area is 100 Å². The van der Waals surface area contributed by atoms with Gasteiger partial charge in [0.2, 0.25) is 0 Å². The summed E-state index contributed by atoms with van der Waals surface area (Å²) in [6, 6.07) is 5.44. The maximum atomic E-state index is 12.0. The molecular formula is C13H15N3O. The van der Waals surface area contributed by atoms with Gasteiger partial charge in [-0.1, -0.05) is 6.92 Å². The van der Waals surface area contributed by atoms with Gasteiger partial charge in [-0.05, 0) is 31.5 Å². The molecule has 0 saturated heterocycles. The van der Waals surface area contributed by atoms with Crippen molar-refractivity contribution in [2.24, 2.45) is 0 Å². The Morgan fingerprint density at radius 1 is 1.47 bits per heavy atom. The van der Waals surface area contributed by atoms with E-state index in [9.17, 15) is 4.79 Å². The minimum absolute atomic E-state index is 0.0980. The van der Waals surface area contributed by atoms with Gasteiger partial charge in [-0.3, -0.25) is 9.78 Å². The molecule has 0 aliphatic heterocycles. The highest BCUT2D eigenvalue weighted by molar-refractivity contribution is 6.05. The fourth-order valence-electron chi connectivity index (χ4n) is 1.72. The standard InChI is InChI=1S/C13H15N3O/c1-3-11-10(6-8-15-11)13(17)16-12-5-4-7-14-9(12)2/h4-8,15H,3H2,1-2H3,(H,16,17). The molecule has 2 N–H and O–H groups in total. The average Bonchev–Trinajstić information content (AvgIpc) is 2.80. The molecule has 4 nitrogen and oxygen atoms in total. The molecule has 2 aromatic heterocycles. The minimum atomic E-state index is -0.0980. The lowest BCUT2D eigenvalue weighted by Crippen LogP contribution is -2.14. The van der Waals surface area contributed by atoms with E-state index in [2.05, 4.69) is 15.3 Å². The van der Waals surface area contributed by atoms with Gasteiger partial charge in [0.05, 0.1) is 16.9 Å². The lowest BCUT2D eigenvalue weighted by Gasteiger charge is -2.07. The Morgan fingerprint density at radius 2 is 2.29 bits per heavy atom. The topological polar surface area (TPSA) is 57.8 Å². The predicted molar refractivity (Wildman–Crippen MR) is 67.1 cm³/mol. The SMILES string of the molecule is CCc1[nH]ccc1C(=O)Nc1cccnc1C. The highest BCUT2D eigenvalue weighted by Crippen LogP contribution is 2.14. The van der Waals surface area contributed by atoms with Gasteiger partial charge < -0.3 is 10.3 Å². The number of aryl methyl sites for hydroxylation is 2. The van der Waals surface area contributed by atoms with Crippen molar-refractivity contribution in [3.05, 3.63) is 47.5 Å². The van der Waals surface area contributed by atoms with Crippen molar-refractivity contribution in [1.29, 1.82) is 0 Å². The van der Waals surface area contributed by atoms with Gasteiger partial charge in [0, 0.05) is 18.1 Å². The molecule has 0 spiro atoms. The van der Waals surface area contributed by atoms with Crippen LogP contribution in [0.4, 0.5) is 5.69 Å². The highest BCUT2D eigenvalue weighted by atomic mass is 16.1. The Bertz CT molecular complexity index is 531. The van der Waals surface area contributed by atoms with Gasteiger partial charge in [0.1, 0.15) is 0 Å². The van der Waals surface area contributed by atoms with Crippen LogP contribution in [0.2, 0.25) is 0 Å². The number of anilines is 1. The Kier molecular flexibility index (Phi) is 3.23. The zero-order chi connectivity index (χ0) is 12.3. The third-order valence-electron chi connectivity index (χ3n) is 2.69. The first-order chi connectivity index (χ1) is 8.22. The number of carbonyl (C=O) groups excluding carboxylic acids is 1. The van der Waals surface area contributed by atoms with Crippen molar-refractivity contribution < 1.29 is 4.79 Å². The maximum absolute atomic E-state index is 12.0. The van der Waals surface area contributed by atoms with E-state index in [1.54, 1.807) is 24.5 Å². The number of amides is 1. The second-order valence-electron chi connectivity index (χ2n) is 3.81. The van der Waals surface area contributed by atoms with Crippen LogP contribution in [0.15, 0.2) is 30.6 Å². The van der Waals surface area contributed by atoms with Crippen molar-refractivity contribution in [3.63, 3.8) is 0 Å². The molecule has 0 saturated carbocycles. The second kappa shape index (κ2) is 4.82. The number of carbonyl (C=O) groups is 1. The summed E-state index contributed by atoms with van der Waals surface area (Å²) in [5.41, 5.74) is 3.20. The van der Waals surface area contributed by atoms with Gasteiger partial charge in [0.15, 0.2) is 0 Å². The van der Waals surface area contributed by atoms with Crippen LogP contribution in [0, 0.1) is 6.92 Å². The second-order valence-corrected chi connectivity index (χ2v) is 3.81. The Balaban J connectivity index is 2.20. The molecule has 0 aliphatic carbocycles. The van der Waals surface area contributed by atoms with Crippen LogP contribution in [0.1, 0.15) is 28.7 Å². The molecule has 0 fully saturated rings. The summed E-state index contributed by atoms with van der Waals surface area (Å²) in [7, 11) is 0. The van der Waals surface area contributed by atoms with E-state index in [0.717, 1.165) is 23.5 Å². The first-order valence-corrected chi connectivity index (χ1v) is 5.61. The number of aromatic amines is 1. The molecule has 0 atom stereocenters. The van der Waals surface area contributed by atoms with E-state index in [0.29, 0.717) is 5.56 Å². The molecule has 0 unspecified atom stereocenters. The summed E-state index contributed by atoms with van der Waals surface area (Å²) < 4.78 is 0. The van der Waals surface area contributed by atoms with E-state index in [1.165, 1.54) is 0 Å². The summed E-state index contributed by atoms with van der Waals surface area (Å²) in [6.45, 7) is 3.88. The molecule has 0 aliphatic rings. The fourth-order valence-corrected chi connectivity index (χ4v) is 1.72. The number of aromatic nitrogens is 2.